The zero-order valence-corrected chi connectivity index (χ0v) is 10.1. The maximum Gasteiger partial charge on any atom is 0.120 e. The zero-order valence-electron chi connectivity index (χ0n) is 10.1. The third kappa shape index (κ3) is 3.43. The van der Waals surface area contributed by atoms with Crippen LogP contribution in [0, 0.1) is 0 Å². The molecule has 90 valence electrons. The highest BCUT2D eigenvalue weighted by molar-refractivity contribution is 5.10. The van der Waals surface area contributed by atoms with Crippen molar-refractivity contribution in [3.05, 3.63) is 54.2 Å². The summed E-state index contributed by atoms with van der Waals surface area (Å²) in [5.74, 6) is 1.01. The minimum absolute atomic E-state index is 0.287. The lowest BCUT2D eigenvalue weighted by molar-refractivity contribution is 0.401. The molecule has 3 heteroatoms. The number of hydrogen-bond acceptors (Lipinski definition) is 3. The minimum atomic E-state index is 0.287. The standard InChI is InChI=1S/C14H18N2O/c1-2-16-13(14-6-4-10-17-14)8-7-12-5-3-9-15-11-12/h3-6,9-11,13,16H,2,7-8H2,1H3. The third-order valence-electron chi connectivity index (χ3n) is 2.78. The van der Waals surface area contributed by atoms with Gasteiger partial charge in [0.25, 0.3) is 0 Å². The van der Waals surface area contributed by atoms with Crippen molar-refractivity contribution in [2.24, 2.45) is 0 Å². The van der Waals surface area contributed by atoms with E-state index in [4.69, 9.17) is 4.42 Å². The first kappa shape index (κ1) is 11.9. The third-order valence-corrected chi connectivity index (χ3v) is 2.78. The first-order valence-corrected chi connectivity index (χ1v) is 6.06. The smallest absolute Gasteiger partial charge is 0.120 e. The number of pyridine rings is 1. The fourth-order valence-electron chi connectivity index (χ4n) is 1.94. The van der Waals surface area contributed by atoms with Crippen LogP contribution in [0.4, 0.5) is 0 Å². The van der Waals surface area contributed by atoms with Crippen LogP contribution in [-0.4, -0.2) is 11.5 Å². The maximum absolute atomic E-state index is 5.46. The van der Waals surface area contributed by atoms with Gasteiger partial charge in [-0.05, 0) is 43.1 Å². The van der Waals surface area contributed by atoms with Crippen molar-refractivity contribution in [3.63, 3.8) is 0 Å². The predicted octanol–water partition coefficient (Wildman–Crippen LogP) is 2.96. The molecule has 0 fully saturated rings. The van der Waals surface area contributed by atoms with Crippen molar-refractivity contribution < 1.29 is 4.42 Å². The largest absolute Gasteiger partial charge is 0.468 e. The van der Waals surface area contributed by atoms with E-state index in [0.29, 0.717) is 0 Å². The Morgan fingerprint density at radius 3 is 2.94 bits per heavy atom. The Morgan fingerprint density at radius 1 is 1.35 bits per heavy atom. The fourth-order valence-corrected chi connectivity index (χ4v) is 1.94. The number of nitrogens with one attached hydrogen (secondary N) is 1. The highest BCUT2D eigenvalue weighted by Gasteiger charge is 2.12. The second-order valence-electron chi connectivity index (χ2n) is 4.03. The number of furan rings is 1. The number of rotatable bonds is 6. The Hall–Kier alpha value is -1.61. The van der Waals surface area contributed by atoms with E-state index in [1.165, 1.54) is 5.56 Å². The van der Waals surface area contributed by atoms with Gasteiger partial charge in [-0.15, -0.1) is 0 Å². The van der Waals surface area contributed by atoms with Gasteiger partial charge in [0.05, 0.1) is 12.3 Å². The van der Waals surface area contributed by atoms with Gasteiger partial charge in [0.15, 0.2) is 0 Å². The van der Waals surface area contributed by atoms with Crippen molar-refractivity contribution in [2.45, 2.75) is 25.8 Å². The second kappa shape index (κ2) is 6.21. The van der Waals surface area contributed by atoms with Gasteiger partial charge in [0.2, 0.25) is 0 Å². The van der Waals surface area contributed by atoms with Crippen LogP contribution in [-0.2, 0) is 6.42 Å². The summed E-state index contributed by atoms with van der Waals surface area (Å²) in [5.41, 5.74) is 1.27. The normalized spacial score (nSPS) is 12.5. The number of hydrogen-bond donors (Lipinski definition) is 1. The van der Waals surface area contributed by atoms with Crippen LogP contribution in [0.1, 0.15) is 30.7 Å². The lowest BCUT2D eigenvalue weighted by atomic mass is 10.0. The van der Waals surface area contributed by atoms with E-state index in [9.17, 15) is 0 Å². The average molecular weight is 230 g/mol. The molecule has 2 heterocycles. The molecule has 2 aromatic rings. The van der Waals surface area contributed by atoms with Gasteiger partial charge in [0.1, 0.15) is 5.76 Å². The topological polar surface area (TPSA) is 38.1 Å². The monoisotopic (exact) mass is 230 g/mol. The van der Waals surface area contributed by atoms with Crippen LogP contribution >= 0.6 is 0 Å². The zero-order chi connectivity index (χ0) is 11.9. The van der Waals surface area contributed by atoms with Gasteiger partial charge in [-0.2, -0.15) is 0 Å². The molecule has 0 spiro atoms. The van der Waals surface area contributed by atoms with Crippen LogP contribution in [0.25, 0.3) is 0 Å². The summed E-state index contributed by atoms with van der Waals surface area (Å²) in [6.45, 7) is 3.05. The van der Waals surface area contributed by atoms with Gasteiger partial charge >= 0.3 is 0 Å². The van der Waals surface area contributed by atoms with E-state index in [-0.39, 0.29) is 6.04 Å². The van der Waals surface area contributed by atoms with Crippen LogP contribution < -0.4 is 5.32 Å². The van der Waals surface area contributed by atoms with Crippen LogP contribution in [0.2, 0.25) is 0 Å². The molecule has 0 aromatic carbocycles. The maximum atomic E-state index is 5.46. The van der Waals surface area contributed by atoms with Gasteiger partial charge in [-0.1, -0.05) is 13.0 Å². The van der Waals surface area contributed by atoms with E-state index < -0.39 is 0 Å². The summed E-state index contributed by atoms with van der Waals surface area (Å²) >= 11 is 0. The van der Waals surface area contributed by atoms with Crippen molar-refractivity contribution >= 4 is 0 Å². The first-order chi connectivity index (χ1) is 8.40. The molecule has 3 nitrogen and oxygen atoms in total. The van der Waals surface area contributed by atoms with Gasteiger partial charge in [0, 0.05) is 12.4 Å². The Bertz CT molecular complexity index is 411. The summed E-state index contributed by atoms with van der Waals surface area (Å²) < 4.78 is 5.46. The number of aromatic nitrogens is 1. The summed E-state index contributed by atoms with van der Waals surface area (Å²) in [4.78, 5) is 4.13. The molecule has 1 atom stereocenters. The summed E-state index contributed by atoms with van der Waals surface area (Å²) in [6, 6.07) is 8.33. The molecule has 17 heavy (non-hydrogen) atoms. The quantitative estimate of drug-likeness (QED) is 0.829. The average Bonchev–Trinajstić information content (AvgIpc) is 2.89. The van der Waals surface area contributed by atoms with Crippen molar-refractivity contribution in [1.29, 1.82) is 0 Å². The predicted molar refractivity (Wildman–Crippen MR) is 67.7 cm³/mol. The van der Waals surface area contributed by atoms with E-state index >= 15 is 0 Å². The minimum Gasteiger partial charge on any atom is -0.468 e. The van der Waals surface area contributed by atoms with Gasteiger partial charge < -0.3 is 9.73 Å². The van der Waals surface area contributed by atoms with Crippen molar-refractivity contribution in [3.8, 4) is 0 Å². The highest BCUT2D eigenvalue weighted by Crippen LogP contribution is 2.19. The second-order valence-corrected chi connectivity index (χ2v) is 4.03. The fraction of sp³-hybridized carbons (Fsp3) is 0.357. The molecule has 0 saturated heterocycles. The Labute approximate surface area is 102 Å². The number of nitrogens with zero attached hydrogens (tertiary/aromatic N) is 1. The molecule has 0 aliphatic heterocycles. The molecule has 1 unspecified atom stereocenters. The molecule has 2 rings (SSSR count). The van der Waals surface area contributed by atoms with Gasteiger partial charge in [-0.3, -0.25) is 4.98 Å². The molecular formula is C14H18N2O. The van der Waals surface area contributed by atoms with E-state index in [2.05, 4.69) is 23.3 Å². The van der Waals surface area contributed by atoms with Crippen molar-refractivity contribution in [1.82, 2.24) is 10.3 Å². The van der Waals surface area contributed by atoms with Crippen LogP contribution in [0.3, 0.4) is 0 Å². The summed E-state index contributed by atoms with van der Waals surface area (Å²) in [7, 11) is 0. The molecule has 2 aromatic heterocycles. The molecular weight excluding hydrogens is 212 g/mol. The van der Waals surface area contributed by atoms with E-state index in [1.54, 1.807) is 12.5 Å². The SMILES string of the molecule is CCNC(CCc1cccnc1)c1ccco1. The molecule has 0 bridgehead atoms. The van der Waals surface area contributed by atoms with Crippen molar-refractivity contribution in [2.75, 3.05) is 6.54 Å². The first-order valence-electron chi connectivity index (χ1n) is 6.06. The Kier molecular flexibility index (Phi) is 4.33. The summed E-state index contributed by atoms with van der Waals surface area (Å²) in [5, 5.41) is 3.44. The number of aryl methyl sites for hydroxylation is 1. The van der Waals surface area contributed by atoms with E-state index in [0.717, 1.165) is 25.1 Å². The lowest BCUT2D eigenvalue weighted by Gasteiger charge is -2.15. The van der Waals surface area contributed by atoms with Crippen LogP contribution in [0.15, 0.2) is 47.3 Å². The van der Waals surface area contributed by atoms with E-state index in [1.807, 2.05) is 24.4 Å². The summed E-state index contributed by atoms with van der Waals surface area (Å²) in [6.07, 6.45) is 7.48. The highest BCUT2D eigenvalue weighted by atomic mass is 16.3. The Balaban J connectivity index is 1.95. The lowest BCUT2D eigenvalue weighted by Crippen LogP contribution is -2.21. The Morgan fingerprint density at radius 2 is 2.29 bits per heavy atom. The molecule has 0 aliphatic carbocycles. The molecule has 0 radical (unpaired) electrons. The molecule has 0 aliphatic rings. The molecule has 1 N–H and O–H groups in total. The van der Waals surface area contributed by atoms with Gasteiger partial charge in [-0.25, -0.2) is 0 Å². The van der Waals surface area contributed by atoms with Crippen LogP contribution in [0.5, 0.6) is 0 Å². The molecule has 0 saturated carbocycles. The molecule has 0 amide bonds.